The smallest absolute Gasteiger partial charge is 0.206 e. The molecule has 1 N–H and O–H groups in total. The van der Waals surface area contributed by atoms with Crippen LogP contribution in [0, 0.1) is 11.3 Å². The highest BCUT2D eigenvalue weighted by Gasteiger charge is 2.02. The zero-order valence-electron chi connectivity index (χ0n) is 7.28. The van der Waals surface area contributed by atoms with E-state index in [9.17, 15) is 0 Å². The molecule has 70 valence electrons. The van der Waals surface area contributed by atoms with Gasteiger partial charge in [0.15, 0.2) is 4.34 Å². The Labute approximate surface area is 85.4 Å². The highest BCUT2D eigenvalue weighted by Crippen LogP contribution is 2.24. The Kier molecular flexibility index (Phi) is 4.57. The van der Waals surface area contributed by atoms with Gasteiger partial charge in [0.25, 0.3) is 0 Å². The van der Waals surface area contributed by atoms with Crippen molar-refractivity contribution < 1.29 is 0 Å². The second-order valence-corrected chi connectivity index (χ2v) is 4.45. The van der Waals surface area contributed by atoms with Crippen LogP contribution in [0.1, 0.15) is 13.3 Å². The summed E-state index contributed by atoms with van der Waals surface area (Å²) in [6.45, 7) is 3.01. The fraction of sp³-hybridized carbons (Fsp3) is 0.571. The summed E-state index contributed by atoms with van der Waals surface area (Å²) in [6.07, 6.45) is 1.07. The first-order valence-corrected chi connectivity index (χ1v) is 5.74. The van der Waals surface area contributed by atoms with Gasteiger partial charge in [-0.25, -0.2) is 0 Å². The molecule has 1 aromatic rings. The minimum Gasteiger partial charge on any atom is -0.360 e. The average Bonchev–Trinajstić information content (AvgIpc) is 2.59. The Hall–Kier alpha value is -0.800. The summed E-state index contributed by atoms with van der Waals surface area (Å²) in [5, 5.41) is 20.2. The first-order chi connectivity index (χ1) is 6.36. The second-order valence-electron chi connectivity index (χ2n) is 2.25. The molecule has 13 heavy (non-hydrogen) atoms. The molecule has 0 aliphatic rings. The monoisotopic (exact) mass is 214 g/mol. The molecular weight excluding hydrogens is 204 g/mol. The number of anilines is 1. The topological polar surface area (TPSA) is 61.6 Å². The molecule has 0 atom stereocenters. The SMILES string of the molecule is CCCNc1nnc(SCC#N)s1. The molecule has 0 amide bonds. The van der Waals surface area contributed by atoms with Crippen LogP contribution >= 0.6 is 23.1 Å². The quantitative estimate of drug-likeness (QED) is 0.759. The first-order valence-electron chi connectivity index (χ1n) is 3.94. The van der Waals surface area contributed by atoms with Crippen molar-refractivity contribution in [2.75, 3.05) is 17.6 Å². The van der Waals surface area contributed by atoms with Crippen LogP contribution in [0.2, 0.25) is 0 Å². The summed E-state index contributed by atoms with van der Waals surface area (Å²) in [5.74, 6) is 0.433. The highest BCUT2D eigenvalue weighted by molar-refractivity contribution is 8.01. The van der Waals surface area contributed by atoms with E-state index in [1.165, 1.54) is 23.1 Å². The van der Waals surface area contributed by atoms with E-state index in [2.05, 4.69) is 28.5 Å². The van der Waals surface area contributed by atoms with Gasteiger partial charge in [-0.2, -0.15) is 5.26 Å². The predicted molar refractivity (Wildman–Crippen MR) is 55.0 cm³/mol. The zero-order chi connectivity index (χ0) is 9.52. The van der Waals surface area contributed by atoms with E-state index in [1.54, 1.807) is 0 Å². The van der Waals surface area contributed by atoms with Crippen LogP contribution in [0.15, 0.2) is 4.34 Å². The normalized spacial score (nSPS) is 9.54. The fourth-order valence-electron chi connectivity index (χ4n) is 0.665. The fourth-order valence-corrected chi connectivity index (χ4v) is 2.10. The molecule has 0 saturated carbocycles. The minimum atomic E-state index is 0.433. The molecule has 0 aromatic carbocycles. The van der Waals surface area contributed by atoms with E-state index in [0.29, 0.717) is 5.75 Å². The van der Waals surface area contributed by atoms with Crippen molar-refractivity contribution in [3.8, 4) is 6.07 Å². The Morgan fingerprint density at radius 1 is 1.62 bits per heavy atom. The molecule has 1 heterocycles. The summed E-state index contributed by atoms with van der Waals surface area (Å²) in [7, 11) is 0. The molecule has 0 aliphatic carbocycles. The summed E-state index contributed by atoms with van der Waals surface area (Å²) < 4.78 is 0.847. The number of nitrogens with zero attached hydrogens (tertiary/aromatic N) is 3. The van der Waals surface area contributed by atoms with Gasteiger partial charge in [0.2, 0.25) is 5.13 Å². The number of rotatable bonds is 5. The van der Waals surface area contributed by atoms with E-state index in [4.69, 9.17) is 5.26 Å². The molecule has 0 bridgehead atoms. The van der Waals surface area contributed by atoms with E-state index < -0.39 is 0 Å². The largest absolute Gasteiger partial charge is 0.360 e. The molecule has 0 aliphatic heterocycles. The van der Waals surface area contributed by atoms with Crippen LogP contribution in [0.4, 0.5) is 5.13 Å². The minimum absolute atomic E-state index is 0.433. The summed E-state index contributed by atoms with van der Waals surface area (Å²) in [6, 6.07) is 2.05. The number of hydrogen-bond acceptors (Lipinski definition) is 6. The molecule has 4 nitrogen and oxygen atoms in total. The molecule has 0 spiro atoms. The van der Waals surface area contributed by atoms with Crippen LogP contribution in [-0.4, -0.2) is 22.5 Å². The molecule has 1 rings (SSSR count). The lowest BCUT2D eigenvalue weighted by Crippen LogP contribution is -1.98. The first kappa shape index (κ1) is 10.3. The van der Waals surface area contributed by atoms with Gasteiger partial charge in [-0.15, -0.1) is 10.2 Å². The third-order valence-corrected chi connectivity index (χ3v) is 3.07. The van der Waals surface area contributed by atoms with Gasteiger partial charge in [0, 0.05) is 6.54 Å². The van der Waals surface area contributed by atoms with Gasteiger partial charge in [-0.3, -0.25) is 0 Å². The van der Waals surface area contributed by atoms with E-state index >= 15 is 0 Å². The Morgan fingerprint density at radius 2 is 2.46 bits per heavy atom. The third kappa shape index (κ3) is 3.61. The van der Waals surface area contributed by atoms with Crippen molar-refractivity contribution in [1.29, 1.82) is 5.26 Å². The number of hydrogen-bond donors (Lipinski definition) is 1. The van der Waals surface area contributed by atoms with E-state index in [0.717, 1.165) is 22.4 Å². The van der Waals surface area contributed by atoms with Crippen LogP contribution in [-0.2, 0) is 0 Å². The van der Waals surface area contributed by atoms with Crippen molar-refractivity contribution in [2.24, 2.45) is 0 Å². The number of thioether (sulfide) groups is 1. The van der Waals surface area contributed by atoms with Gasteiger partial charge in [0.05, 0.1) is 11.8 Å². The lowest BCUT2D eigenvalue weighted by molar-refractivity contribution is 0.951. The van der Waals surface area contributed by atoms with Gasteiger partial charge in [-0.05, 0) is 6.42 Å². The van der Waals surface area contributed by atoms with E-state index in [-0.39, 0.29) is 0 Å². The third-order valence-electron chi connectivity index (χ3n) is 1.19. The maximum atomic E-state index is 8.35. The lowest BCUT2D eigenvalue weighted by Gasteiger charge is -1.94. The summed E-state index contributed by atoms with van der Waals surface area (Å²) in [4.78, 5) is 0. The summed E-state index contributed by atoms with van der Waals surface area (Å²) in [5.41, 5.74) is 0. The van der Waals surface area contributed by atoms with Crippen molar-refractivity contribution >= 4 is 28.2 Å². The zero-order valence-corrected chi connectivity index (χ0v) is 8.91. The maximum Gasteiger partial charge on any atom is 0.206 e. The summed E-state index contributed by atoms with van der Waals surface area (Å²) >= 11 is 2.91. The van der Waals surface area contributed by atoms with Gasteiger partial charge < -0.3 is 5.32 Å². The number of nitriles is 1. The van der Waals surface area contributed by atoms with Crippen LogP contribution in [0.3, 0.4) is 0 Å². The van der Waals surface area contributed by atoms with Crippen molar-refractivity contribution in [2.45, 2.75) is 17.7 Å². The predicted octanol–water partition coefficient (Wildman–Crippen LogP) is 1.98. The Morgan fingerprint density at radius 3 is 3.15 bits per heavy atom. The molecule has 1 aromatic heterocycles. The molecule has 0 radical (unpaired) electrons. The van der Waals surface area contributed by atoms with Gasteiger partial charge in [-0.1, -0.05) is 30.0 Å². The number of aromatic nitrogens is 2. The van der Waals surface area contributed by atoms with Gasteiger partial charge >= 0.3 is 0 Å². The molecule has 0 fully saturated rings. The lowest BCUT2D eigenvalue weighted by atomic mass is 10.5. The van der Waals surface area contributed by atoms with Crippen molar-refractivity contribution in [3.63, 3.8) is 0 Å². The van der Waals surface area contributed by atoms with Crippen molar-refractivity contribution in [3.05, 3.63) is 0 Å². The van der Waals surface area contributed by atoms with Gasteiger partial charge in [0.1, 0.15) is 0 Å². The average molecular weight is 214 g/mol. The van der Waals surface area contributed by atoms with E-state index in [1.807, 2.05) is 0 Å². The molecule has 0 unspecified atom stereocenters. The van der Waals surface area contributed by atoms with Crippen LogP contribution in [0.25, 0.3) is 0 Å². The van der Waals surface area contributed by atoms with Crippen LogP contribution in [0.5, 0.6) is 0 Å². The molecule has 0 saturated heterocycles. The maximum absolute atomic E-state index is 8.35. The van der Waals surface area contributed by atoms with Crippen LogP contribution < -0.4 is 5.32 Å². The second kappa shape index (κ2) is 5.78. The standard InChI is InChI=1S/C7H10N4S2/c1-2-4-9-6-10-11-7(13-6)12-5-3-8/h2,4-5H2,1H3,(H,9,10). The Balaban J connectivity index is 2.40. The molecule has 6 heteroatoms. The van der Waals surface area contributed by atoms with Crippen molar-refractivity contribution in [1.82, 2.24) is 10.2 Å². The molecular formula is C7H10N4S2. The number of nitrogens with one attached hydrogen (secondary N) is 1. The Bertz CT molecular complexity index is 291. The highest BCUT2D eigenvalue weighted by atomic mass is 32.2.